The summed E-state index contributed by atoms with van der Waals surface area (Å²) in [6.45, 7) is 6.53. The summed E-state index contributed by atoms with van der Waals surface area (Å²) < 4.78 is 0. The zero-order chi connectivity index (χ0) is 11.4. The van der Waals surface area contributed by atoms with Crippen molar-refractivity contribution in [2.45, 2.75) is 33.4 Å². The molecule has 1 unspecified atom stereocenters. The molecule has 1 aromatic heterocycles. The highest BCUT2D eigenvalue weighted by molar-refractivity contribution is 7.11. The van der Waals surface area contributed by atoms with Crippen LogP contribution in [-0.2, 0) is 11.3 Å². The van der Waals surface area contributed by atoms with Gasteiger partial charge in [-0.15, -0.1) is 11.3 Å². The van der Waals surface area contributed by atoms with Gasteiger partial charge in [-0.05, 0) is 20.8 Å². The Morgan fingerprint density at radius 3 is 2.67 bits per heavy atom. The van der Waals surface area contributed by atoms with E-state index in [0.717, 1.165) is 10.7 Å². The number of hydrogen-bond donors (Lipinski definition) is 2. The molecule has 0 aliphatic rings. The Morgan fingerprint density at radius 2 is 2.20 bits per heavy atom. The normalized spacial score (nSPS) is 12.5. The first-order valence-corrected chi connectivity index (χ1v) is 5.74. The van der Waals surface area contributed by atoms with Crippen LogP contribution in [0.15, 0.2) is 0 Å². The van der Waals surface area contributed by atoms with Gasteiger partial charge in [0.25, 0.3) is 0 Å². The van der Waals surface area contributed by atoms with Gasteiger partial charge in [-0.2, -0.15) is 0 Å². The van der Waals surface area contributed by atoms with Crippen molar-refractivity contribution in [2.24, 2.45) is 0 Å². The van der Waals surface area contributed by atoms with Gasteiger partial charge in [0.2, 0.25) is 5.91 Å². The number of amides is 1. The van der Waals surface area contributed by atoms with E-state index in [2.05, 4.69) is 15.6 Å². The molecule has 0 saturated carbocycles. The van der Waals surface area contributed by atoms with Crippen LogP contribution in [0.2, 0.25) is 0 Å². The zero-order valence-corrected chi connectivity index (χ0v) is 10.4. The van der Waals surface area contributed by atoms with Crippen LogP contribution in [0, 0.1) is 13.8 Å². The van der Waals surface area contributed by atoms with Crippen LogP contribution in [0.3, 0.4) is 0 Å². The molecule has 0 fully saturated rings. The molecule has 1 rings (SSSR count). The highest BCUT2D eigenvalue weighted by Gasteiger charge is 2.11. The minimum atomic E-state index is -0.170. The third kappa shape index (κ3) is 3.28. The highest BCUT2D eigenvalue weighted by Crippen LogP contribution is 2.16. The Kier molecular flexibility index (Phi) is 4.23. The molecule has 0 aliphatic heterocycles. The van der Waals surface area contributed by atoms with Crippen molar-refractivity contribution in [1.82, 2.24) is 15.6 Å². The van der Waals surface area contributed by atoms with Crippen LogP contribution in [0.4, 0.5) is 0 Å². The quantitative estimate of drug-likeness (QED) is 0.806. The lowest BCUT2D eigenvalue weighted by Gasteiger charge is -2.11. The van der Waals surface area contributed by atoms with Gasteiger partial charge >= 0.3 is 0 Å². The van der Waals surface area contributed by atoms with E-state index in [1.807, 2.05) is 20.8 Å². The smallest absolute Gasteiger partial charge is 0.236 e. The topological polar surface area (TPSA) is 54.0 Å². The van der Waals surface area contributed by atoms with Crippen molar-refractivity contribution < 1.29 is 4.79 Å². The van der Waals surface area contributed by atoms with Crippen LogP contribution in [0.5, 0.6) is 0 Å². The monoisotopic (exact) mass is 227 g/mol. The molecular formula is C10H17N3OS. The Morgan fingerprint density at radius 1 is 1.53 bits per heavy atom. The molecule has 2 N–H and O–H groups in total. The SMILES string of the molecule is CNC(=O)C(C)NCc1sc(C)nc1C. The van der Waals surface area contributed by atoms with Gasteiger partial charge in [-0.25, -0.2) is 4.98 Å². The molecule has 15 heavy (non-hydrogen) atoms. The molecule has 1 amide bonds. The number of thiazole rings is 1. The van der Waals surface area contributed by atoms with Crippen molar-refractivity contribution in [3.63, 3.8) is 0 Å². The summed E-state index contributed by atoms with van der Waals surface area (Å²) in [4.78, 5) is 16.8. The number of rotatable bonds is 4. The first kappa shape index (κ1) is 12.1. The molecule has 0 spiro atoms. The van der Waals surface area contributed by atoms with E-state index < -0.39 is 0 Å². The second kappa shape index (κ2) is 5.23. The summed E-state index contributed by atoms with van der Waals surface area (Å²) in [6, 6.07) is -0.170. The summed E-state index contributed by atoms with van der Waals surface area (Å²) in [5.74, 6) is 0.00823. The minimum absolute atomic E-state index is 0.00823. The summed E-state index contributed by atoms with van der Waals surface area (Å²) >= 11 is 1.67. The number of carbonyl (C=O) groups is 1. The van der Waals surface area contributed by atoms with Crippen molar-refractivity contribution in [2.75, 3.05) is 7.05 Å². The third-order valence-electron chi connectivity index (χ3n) is 2.21. The highest BCUT2D eigenvalue weighted by atomic mass is 32.1. The number of nitrogens with zero attached hydrogens (tertiary/aromatic N) is 1. The maximum absolute atomic E-state index is 11.2. The van der Waals surface area contributed by atoms with E-state index in [9.17, 15) is 4.79 Å². The molecule has 4 nitrogen and oxygen atoms in total. The molecule has 0 radical (unpaired) electrons. The maximum Gasteiger partial charge on any atom is 0.236 e. The molecule has 1 aromatic rings. The van der Waals surface area contributed by atoms with E-state index in [-0.39, 0.29) is 11.9 Å². The van der Waals surface area contributed by atoms with Crippen LogP contribution in [0.25, 0.3) is 0 Å². The Bertz CT molecular complexity index is 348. The van der Waals surface area contributed by atoms with Gasteiger partial charge in [0.1, 0.15) is 0 Å². The largest absolute Gasteiger partial charge is 0.358 e. The van der Waals surface area contributed by atoms with Gasteiger partial charge in [0, 0.05) is 18.5 Å². The zero-order valence-electron chi connectivity index (χ0n) is 9.55. The van der Waals surface area contributed by atoms with Gasteiger partial charge in [0.05, 0.1) is 16.7 Å². The van der Waals surface area contributed by atoms with Crippen LogP contribution in [0.1, 0.15) is 22.5 Å². The molecule has 0 aromatic carbocycles. The molecule has 1 heterocycles. The fourth-order valence-corrected chi connectivity index (χ4v) is 2.18. The van der Waals surface area contributed by atoms with Crippen molar-refractivity contribution in [3.05, 3.63) is 15.6 Å². The fraction of sp³-hybridized carbons (Fsp3) is 0.600. The summed E-state index contributed by atoms with van der Waals surface area (Å²) in [5.41, 5.74) is 1.05. The van der Waals surface area contributed by atoms with Crippen molar-refractivity contribution in [3.8, 4) is 0 Å². The number of likely N-dealkylation sites (N-methyl/N-ethyl adjacent to an activating group) is 1. The molecule has 1 atom stereocenters. The lowest BCUT2D eigenvalue weighted by Crippen LogP contribution is -2.40. The van der Waals surface area contributed by atoms with E-state index in [0.29, 0.717) is 6.54 Å². The summed E-state index contributed by atoms with van der Waals surface area (Å²) in [5, 5.41) is 6.84. The van der Waals surface area contributed by atoms with Crippen LogP contribution in [-0.4, -0.2) is 24.0 Å². The summed E-state index contributed by atoms with van der Waals surface area (Å²) in [7, 11) is 1.64. The number of carbonyl (C=O) groups excluding carboxylic acids is 1. The van der Waals surface area contributed by atoms with E-state index in [1.54, 1.807) is 18.4 Å². The van der Waals surface area contributed by atoms with Gasteiger partial charge in [-0.3, -0.25) is 4.79 Å². The number of hydrogen-bond acceptors (Lipinski definition) is 4. The number of aryl methyl sites for hydroxylation is 2. The van der Waals surface area contributed by atoms with Crippen LogP contribution >= 0.6 is 11.3 Å². The number of aromatic nitrogens is 1. The number of nitrogens with one attached hydrogen (secondary N) is 2. The second-order valence-corrected chi connectivity index (χ2v) is 4.75. The Hall–Kier alpha value is -0.940. The Balaban J connectivity index is 2.50. The lowest BCUT2D eigenvalue weighted by atomic mass is 10.3. The first-order valence-electron chi connectivity index (χ1n) is 4.92. The lowest BCUT2D eigenvalue weighted by molar-refractivity contribution is -0.122. The maximum atomic E-state index is 11.2. The Labute approximate surface area is 94.1 Å². The molecule has 84 valence electrons. The molecule has 0 bridgehead atoms. The molecule has 0 saturated heterocycles. The predicted octanol–water partition coefficient (Wildman–Crippen LogP) is 0.984. The molecule has 5 heteroatoms. The van der Waals surface area contributed by atoms with E-state index in [4.69, 9.17) is 0 Å². The van der Waals surface area contributed by atoms with Gasteiger partial charge < -0.3 is 10.6 Å². The van der Waals surface area contributed by atoms with Gasteiger partial charge in [0.15, 0.2) is 0 Å². The summed E-state index contributed by atoms with van der Waals surface area (Å²) in [6.07, 6.45) is 0. The van der Waals surface area contributed by atoms with Crippen LogP contribution < -0.4 is 10.6 Å². The van der Waals surface area contributed by atoms with Crippen molar-refractivity contribution >= 4 is 17.2 Å². The second-order valence-electron chi connectivity index (χ2n) is 3.46. The predicted molar refractivity (Wildman–Crippen MR) is 62.0 cm³/mol. The molecule has 0 aliphatic carbocycles. The first-order chi connectivity index (χ1) is 7.04. The van der Waals surface area contributed by atoms with E-state index >= 15 is 0 Å². The standard InChI is InChI=1S/C10H17N3OS/c1-6-9(15-8(3)13-6)5-12-7(2)10(14)11-4/h7,12H,5H2,1-4H3,(H,11,14). The average molecular weight is 227 g/mol. The third-order valence-corrected chi connectivity index (χ3v) is 3.28. The van der Waals surface area contributed by atoms with E-state index in [1.165, 1.54) is 4.88 Å². The minimum Gasteiger partial charge on any atom is -0.358 e. The average Bonchev–Trinajstić information content (AvgIpc) is 2.52. The molecular weight excluding hydrogens is 210 g/mol. The van der Waals surface area contributed by atoms with Crippen molar-refractivity contribution in [1.29, 1.82) is 0 Å². The fourth-order valence-electron chi connectivity index (χ4n) is 1.29. The van der Waals surface area contributed by atoms with Gasteiger partial charge in [-0.1, -0.05) is 0 Å².